The molecular formula is C18H25BrN2O2. The van der Waals surface area contributed by atoms with Gasteiger partial charge in [0.05, 0.1) is 19.8 Å². The minimum absolute atomic E-state index is 0.181. The highest BCUT2D eigenvalue weighted by molar-refractivity contribution is 9.10. The van der Waals surface area contributed by atoms with Gasteiger partial charge in [-0.15, -0.1) is 0 Å². The first-order valence-electron chi connectivity index (χ1n) is 8.51. The number of phenolic OH excluding ortho intramolecular Hbond substituents is 1. The van der Waals surface area contributed by atoms with Gasteiger partial charge in [-0.25, -0.2) is 0 Å². The molecule has 1 saturated heterocycles. The molecule has 0 bridgehead atoms. The van der Waals surface area contributed by atoms with Crippen LogP contribution < -0.4 is 0 Å². The Morgan fingerprint density at radius 1 is 1.22 bits per heavy atom. The second-order valence-electron chi connectivity index (χ2n) is 6.56. The SMILES string of the molecule is Oc1ccc(Br)cc1C=NCC1(N2CCOCC2)CCCCC1. The first-order chi connectivity index (χ1) is 11.2. The summed E-state index contributed by atoms with van der Waals surface area (Å²) in [5.74, 6) is 0.279. The van der Waals surface area contributed by atoms with E-state index in [4.69, 9.17) is 9.73 Å². The molecule has 0 atom stereocenters. The lowest BCUT2D eigenvalue weighted by atomic mass is 9.80. The van der Waals surface area contributed by atoms with Crippen LogP contribution in [0.5, 0.6) is 5.75 Å². The van der Waals surface area contributed by atoms with Gasteiger partial charge in [0.2, 0.25) is 0 Å². The number of morpholine rings is 1. The van der Waals surface area contributed by atoms with Crippen molar-refractivity contribution in [2.24, 2.45) is 4.99 Å². The summed E-state index contributed by atoms with van der Waals surface area (Å²) in [7, 11) is 0. The highest BCUT2D eigenvalue weighted by Gasteiger charge is 2.38. The van der Waals surface area contributed by atoms with Crippen molar-refractivity contribution in [3.8, 4) is 5.75 Å². The van der Waals surface area contributed by atoms with Gasteiger partial charge in [0.1, 0.15) is 5.75 Å². The molecule has 23 heavy (non-hydrogen) atoms. The van der Waals surface area contributed by atoms with E-state index in [0.717, 1.165) is 42.9 Å². The molecule has 1 aliphatic heterocycles. The van der Waals surface area contributed by atoms with Crippen molar-refractivity contribution in [3.63, 3.8) is 0 Å². The number of aromatic hydroxyl groups is 1. The van der Waals surface area contributed by atoms with Gasteiger partial charge in [-0.1, -0.05) is 35.2 Å². The standard InChI is InChI=1S/C18H25BrN2O2/c19-16-4-5-17(22)15(12-16)13-20-14-18(6-2-1-3-7-18)21-8-10-23-11-9-21/h4-5,12-13,22H,1-3,6-11,14H2. The van der Waals surface area contributed by atoms with Gasteiger partial charge in [0.15, 0.2) is 0 Å². The first kappa shape index (κ1) is 16.9. The average molecular weight is 381 g/mol. The minimum atomic E-state index is 0.181. The van der Waals surface area contributed by atoms with Crippen LogP contribution >= 0.6 is 15.9 Å². The number of nitrogens with zero attached hydrogens (tertiary/aromatic N) is 2. The van der Waals surface area contributed by atoms with Crippen molar-refractivity contribution in [3.05, 3.63) is 28.2 Å². The number of hydrogen-bond donors (Lipinski definition) is 1. The molecule has 0 spiro atoms. The minimum Gasteiger partial charge on any atom is -0.507 e. The molecule has 1 heterocycles. The van der Waals surface area contributed by atoms with E-state index in [0.29, 0.717) is 0 Å². The molecule has 3 rings (SSSR count). The van der Waals surface area contributed by atoms with Crippen molar-refractivity contribution >= 4 is 22.1 Å². The Labute approximate surface area is 146 Å². The molecule has 0 amide bonds. The summed E-state index contributed by atoms with van der Waals surface area (Å²) in [4.78, 5) is 7.32. The van der Waals surface area contributed by atoms with Gasteiger partial charge >= 0.3 is 0 Å². The number of halogens is 1. The number of hydrogen-bond acceptors (Lipinski definition) is 4. The maximum absolute atomic E-state index is 9.95. The first-order valence-corrected chi connectivity index (χ1v) is 9.30. The third-order valence-corrected chi connectivity index (χ3v) is 5.56. The molecular weight excluding hydrogens is 356 g/mol. The summed E-state index contributed by atoms with van der Waals surface area (Å²) in [5.41, 5.74) is 0.951. The normalized spacial score (nSPS) is 22.5. The van der Waals surface area contributed by atoms with E-state index in [1.165, 1.54) is 32.1 Å². The van der Waals surface area contributed by atoms with E-state index in [-0.39, 0.29) is 11.3 Å². The molecule has 1 aromatic carbocycles. The second kappa shape index (κ2) is 7.77. The predicted octanol–water partition coefficient (Wildman–Crippen LogP) is 3.61. The fourth-order valence-electron chi connectivity index (χ4n) is 3.76. The summed E-state index contributed by atoms with van der Waals surface area (Å²) in [6.07, 6.45) is 8.16. The van der Waals surface area contributed by atoms with Crippen LogP contribution in [0, 0.1) is 0 Å². The third-order valence-electron chi connectivity index (χ3n) is 5.07. The molecule has 126 valence electrons. The van der Waals surface area contributed by atoms with Crippen molar-refractivity contribution in [1.82, 2.24) is 4.90 Å². The lowest BCUT2D eigenvalue weighted by molar-refractivity contribution is -0.0332. The molecule has 1 saturated carbocycles. The van der Waals surface area contributed by atoms with Gasteiger partial charge in [-0.3, -0.25) is 9.89 Å². The highest BCUT2D eigenvalue weighted by Crippen LogP contribution is 2.34. The van der Waals surface area contributed by atoms with Crippen LogP contribution in [0.1, 0.15) is 37.7 Å². The van der Waals surface area contributed by atoms with E-state index >= 15 is 0 Å². The summed E-state index contributed by atoms with van der Waals surface area (Å²) in [6, 6.07) is 5.44. The lowest BCUT2D eigenvalue weighted by Crippen LogP contribution is -2.56. The van der Waals surface area contributed by atoms with Gasteiger partial charge in [0.25, 0.3) is 0 Å². The van der Waals surface area contributed by atoms with Crippen LogP contribution in [-0.2, 0) is 4.74 Å². The highest BCUT2D eigenvalue weighted by atomic mass is 79.9. The van der Waals surface area contributed by atoms with E-state index < -0.39 is 0 Å². The van der Waals surface area contributed by atoms with Crippen LogP contribution in [0.4, 0.5) is 0 Å². The monoisotopic (exact) mass is 380 g/mol. The van der Waals surface area contributed by atoms with Gasteiger partial charge in [-0.2, -0.15) is 0 Å². The lowest BCUT2D eigenvalue weighted by Gasteiger charge is -2.47. The second-order valence-corrected chi connectivity index (χ2v) is 7.47. The predicted molar refractivity (Wildman–Crippen MR) is 96.5 cm³/mol. The Balaban J connectivity index is 1.73. The van der Waals surface area contributed by atoms with Crippen LogP contribution in [0.3, 0.4) is 0 Å². The maximum atomic E-state index is 9.95. The van der Waals surface area contributed by atoms with Gasteiger partial charge < -0.3 is 9.84 Å². The van der Waals surface area contributed by atoms with Crippen LogP contribution in [0.25, 0.3) is 0 Å². The van der Waals surface area contributed by atoms with Crippen LogP contribution in [-0.4, -0.2) is 54.6 Å². The number of ether oxygens (including phenoxy) is 1. The Morgan fingerprint density at radius 2 is 1.96 bits per heavy atom. The number of aliphatic imine (C=N–C) groups is 1. The largest absolute Gasteiger partial charge is 0.507 e. The van der Waals surface area contributed by atoms with E-state index in [2.05, 4.69) is 20.8 Å². The Hall–Kier alpha value is -0.910. The van der Waals surface area contributed by atoms with Crippen LogP contribution in [0.15, 0.2) is 27.7 Å². The van der Waals surface area contributed by atoms with E-state index in [9.17, 15) is 5.11 Å². The van der Waals surface area contributed by atoms with Crippen molar-refractivity contribution in [2.75, 3.05) is 32.8 Å². The fraction of sp³-hybridized carbons (Fsp3) is 0.611. The molecule has 5 heteroatoms. The number of rotatable bonds is 4. The zero-order valence-corrected chi connectivity index (χ0v) is 15.1. The van der Waals surface area contributed by atoms with Gasteiger partial charge in [-0.05, 0) is 31.0 Å². The van der Waals surface area contributed by atoms with Crippen LogP contribution in [0.2, 0.25) is 0 Å². The Morgan fingerprint density at radius 3 is 2.70 bits per heavy atom. The molecule has 2 aliphatic rings. The number of phenols is 1. The molecule has 4 nitrogen and oxygen atoms in total. The zero-order valence-electron chi connectivity index (χ0n) is 13.5. The van der Waals surface area contributed by atoms with Crippen molar-refractivity contribution < 1.29 is 9.84 Å². The Kier molecular flexibility index (Phi) is 5.72. The zero-order chi connectivity index (χ0) is 16.1. The Bertz CT molecular complexity index is 550. The summed E-state index contributed by atoms with van der Waals surface area (Å²) in [6.45, 7) is 4.49. The molecule has 0 unspecified atom stereocenters. The quantitative estimate of drug-likeness (QED) is 0.811. The van der Waals surface area contributed by atoms with E-state index in [1.54, 1.807) is 6.07 Å². The molecule has 0 aromatic heterocycles. The summed E-state index contributed by atoms with van der Waals surface area (Å²) < 4.78 is 6.48. The molecule has 1 aliphatic carbocycles. The summed E-state index contributed by atoms with van der Waals surface area (Å²) in [5, 5.41) is 9.95. The third kappa shape index (κ3) is 4.14. The van der Waals surface area contributed by atoms with E-state index in [1.807, 2.05) is 18.3 Å². The topological polar surface area (TPSA) is 45.1 Å². The van der Waals surface area contributed by atoms with Gasteiger partial charge in [0, 0.05) is 34.9 Å². The molecule has 1 aromatic rings. The summed E-state index contributed by atoms with van der Waals surface area (Å²) >= 11 is 3.44. The molecule has 0 radical (unpaired) electrons. The molecule has 2 fully saturated rings. The molecule has 1 N–H and O–H groups in total. The maximum Gasteiger partial charge on any atom is 0.124 e. The fourth-order valence-corrected chi connectivity index (χ4v) is 4.14. The number of benzene rings is 1. The van der Waals surface area contributed by atoms with Crippen molar-refractivity contribution in [2.45, 2.75) is 37.6 Å². The van der Waals surface area contributed by atoms with Crippen molar-refractivity contribution in [1.29, 1.82) is 0 Å². The average Bonchev–Trinajstić information content (AvgIpc) is 2.60. The smallest absolute Gasteiger partial charge is 0.124 e.